The molecule has 1 aromatic heterocycles. The van der Waals surface area contributed by atoms with Crippen molar-refractivity contribution >= 4 is 47.6 Å². The lowest BCUT2D eigenvalue weighted by atomic mass is 10.0. The summed E-state index contributed by atoms with van der Waals surface area (Å²) in [6, 6.07) is -1.87. The molecule has 4 atom stereocenters. The van der Waals surface area contributed by atoms with Crippen molar-refractivity contribution in [2.45, 2.75) is 123 Å². The molecule has 2 rings (SSSR count). The minimum absolute atomic E-state index is 0.00675. The number of rotatable bonds is 9. The molecule has 0 radical (unpaired) electrons. The molecule has 1 aromatic rings. The Labute approximate surface area is 284 Å². The molecule has 19 nitrogen and oxygen atoms in total. The Morgan fingerprint density at radius 2 is 1.55 bits per heavy atom. The van der Waals surface area contributed by atoms with Gasteiger partial charge in [0.1, 0.15) is 34.6 Å². The van der Waals surface area contributed by atoms with Crippen LogP contribution in [0.4, 0.5) is 31.8 Å². The number of hydrogen-bond donors (Lipinski definition) is 9. The summed E-state index contributed by atoms with van der Waals surface area (Å²) in [5, 5.41) is 35.8. The quantitative estimate of drug-likeness (QED) is 0.0770. The Hall–Kier alpha value is -4.65. The number of aromatic nitrogens is 2. The molecule has 0 bridgehead atoms. The molecule has 4 amide bonds. The zero-order valence-corrected chi connectivity index (χ0v) is 29.7. The lowest BCUT2D eigenvalue weighted by Crippen LogP contribution is -2.49. The number of amides is 4. The number of aromatic amines is 1. The van der Waals surface area contributed by atoms with Crippen molar-refractivity contribution in [3.8, 4) is 0 Å². The predicted molar refractivity (Wildman–Crippen MR) is 181 cm³/mol. The Balaban J connectivity index is 2.19. The first-order valence-electron chi connectivity index (χ1n) is 15.8. The molecule has 0 saturated heterocycles. The van der Waals surface area contributed by atoms with Crippen LogP contribution >= 0.6 is 0 Å². The predicted octanol–water partition coefficient (Wildman–Crippen LogP) is 1.74. The van der Waals surface area contributed by atoms with Crippen LogP contribution in [0.2, 0.25) is 0 Å². The van der Waals surface area contributed by atoms with Gasteiger partial charge >= 0.3 is 18.3 Å². The SMILES string of the molecule is C[C@H](O)[C@H](O)C1CNc2nc(NC(=O)[C@H](CCCN/C(=N/C(=O)OC(C)(C)C)NC(=O)OC(C)(C)C)NC(=O)OC(C)(C)C)[nH]c(=O)c2N1. The molecule has 0 aliphatic carbocycles. The normalized spacial score (nSPS) is 16.7. The fraction of sp³-hybridized carbons (Fsp3) is 0.700. The van der Waals surface area contributed by atoms with Crippen molar-refractivity contribution in [3.05, 3.63) is 10.4 Å². The third-order valence-corrected chi connectivity index (χ3v) is 6.07. The van der Waals surface area contributed by atoms with E-state index in [1.165, 1.54) is 6.92 Å². The van der Waals surface area contributed by atoms with E-state index in [0.717, 1.165) is 0 Å². The van der Waals surface area contributed by atoms with Crippen molar-refractivity contribution in [1.82, 2.24) is 25.9 Å². The van der Waals surface area contributed by atoms with E-state index < -0.39 is 70.8 Å². The van der Waals surface area contributed by atoms with Crippen molar-refractivity contribution in [2.24, 2.45) is 4.99 Å². The summed E-state index contributed by atoms with van der Waals surface area (Å²) in [6.07, 6.45) is -4.75. The average molecular weight is 698 g/mol. The molecule has 0 fully saturated rings. The van der Waals surface area contributed by atoms with Gasteiger partial charge in [0.05, 0.1) is 12.1 Å². The van der Waals surface area contributed by atoms with Crippen LogP contribution in [-0.4, -0.2) is 105 Å². The fourth-order valence-electron chi connectivity index (χ4n) is 4.10. The van der Waals surface area contributed by atoms with Gasteiger partial charge in [-0.1, -0.05) is 0 Å². The Morgan fingerprint density at radius 3 is 2.12 bits per heavy atom. The Morgan fingerprint density at radius 1 is 0.959 bits per heavy atom. The molecular weight excluding hydrogens is 646 g/mol. The number of alkyl carbamates (subject to hydrolysis) is 2. The number of anilines is 3. The highest BCUT2D eigenvalue weighted by Crippen LogP contribution is 2.22. The number of carbonyl (C=O) groups excluding carboxylic acids is 4. The van der Waals surface area contributed by atoms with Crippen molar-refractivity contribution in [1.29, 1.82) is 0 Å². The van der Waals surface area contributed by atoms with Gasteiger partial charge in [0.2, 0.25) is 17.8 Å². The van der Waals surface area contributed by atoms with Crippen LogP contribution in [0.5, 0.6) is 0 Å². The van der Waals surface area contributed by atoms with Crippen molar-refractivity contribution in [3.63, 3.8) is 0 Å². The molecule has 1 aliphatic rings. The summed E-state index contributed by atoms with van der Waals surface area (Å²) in [5.41, 5.74) is -3.20. The largest absolute Gasteiger partial charge is 0.444 e. The second-order valence-electron chi connectivity index (χ2n) is 14.3. The molecule has 9 N–H and O–H groups in total. The monoisotopic (exact) mass is 697 g/mol. The van der Waals surface area contributed by atoms with E-state index >= 15 is 0 Å². The van der Waals surface area contributed by atoms with Gasteiger partial charge in [0.15, 0.2) is 5.82 Å². The van der Waals surface area contributed by atoms with Gasteiger partial charge < -0.3 is 45.7 Å². The summed E-state index contributed by atoms with van der Waals surface area (Å²) in [7, 11) is 0. The molecule has 1 unspecified atom stereocenters. The number of nitrogens with one attached hydrogen (secondary N) is 7. The number of fused-ring (bicyclic) bond motifs is 1. The molecule has 19 heteroatoms. The zero-order chi connectivity index (χ0) is 37.3. The molecule has 49 heavy (non-hydrogen) atoms. The van der Waals surface area contributed by atoms with Crippen LogP contribution in [-0.2, 0) is 19.0 Å². The van der Waals surface area contributed by atoms with Gasteiger partial charge in [-0.05, 0) is 82.1 Å². The molecule has 0 saturated carbocycles. The second-order valence-corrected chi connectivity index (χ2v) is 14.3. The van der Waals surface area contributed by atoms with E-state index in [1.54, 1.807) is 62.3 Å². The van der Waals surface area contributed by atoms with E-state index in [4.69, 9.17) is 14.2 Å². The molecule has 2 heterocycles. The molecule has 276 valence electrons. The third kappa shape index (κ3) is 15.0. The minimum Gasteiger partial charge on any atom is -0.444 e. The number of carbonyl (C=O) groups is 4. The Kier molecular flexibility index (Phi) is 13.8. The van der Waals surface area contributed by atoms with Gasteiger partial charge in [-0.2, -0.15) is 4.98 Å². The molecule has 0 aromatic carbocycles. The molecular formula is C30H51N9O10. The van der Waals surface area contributed by atoms with E-state index in [-0.39, 0.29) is 49.3 Å². The topological polar surface area (TPSA) is 267 Å². The van der Waals surface area contributed by atoms with Crippen LogP contribution in [0.1, 0.15) is 82.1 Å². The summed E-state index contributed by atoms with van der Waals surface area (Å²) in [4.78, 5) is 74.0. The van der Waals surface area contributed by atoms with E-state index in [1.807, 2.05) is 0 Å². The van der Waals surface area contributed by atoms with Crippen molar-refractivity contribution in [2.75, 3.05) is 29.0 Å². The summed E-state index contributed by atoms with van der Waals surface area (Å²) >= 11 is 0. The van der Waals surface area contributed by atoms with Crippen molar-refractivity contribution < 1.29 is 43.6 Å². The highest BCUT2D eigenvalue weighted by Gasteiger charge is 2.31. The molecule has 1 aliphatic heterocycles. The Bertz CT molecular complexity index is 1420. The number of guanidine groups is 1. The number of H-pyrrole nitrogens is 1. The first-order valence-corrected chi connectivity index (χ1v) is 15.8. The number of nitrogens with zero attached hydrogens (tertiary/aromatic N) is 2. The summed E-state index contributed by atoms with van der Waals surface area (Å²) in [6.45, 7) is 16.5. The maximum Gasteiger partial charge on any atom is 0.437 e. The molecule has 0 spiro atoms. The number of aliphatic imine (C=N–C) groups is 1. The maximum atomic E-state index is 13.4. The first-order chi connectivity index (χ1) is 22.4. The lowest BCUT2D eigenvalue weighted by molar-refractivity contribution is -0.118. The van der Waals surface area contributed by atoms with Gasteiger partial charge in [-0.3, -0.25) is 25.2 Å². The lowest BCUT2D eigenvalue weighted by Gasteiger charge is -2.31. The maximum absolute atomic E-state index is 13.4. The van der Waals surface area contributed by atoms with E-state index in [2.05, 4.69) is 46.9 Å². The van der Waals surface area contributed by atoms with Crippen LogP contribution in [0.25, 0.3) is 0 Å². The minimum atomic E-state index is -1.19. The highest BCUT2D eigenvalue weighted by molar-refractivity contribution is 5.99. The zero-order valence-electron chi connectivity index (χ0n) is 29.7. The first kappa shape index (κ1) is 40.5. The number of hydrogen-bond acceptors (Lipinski definition) is 13. The van der Waals surface area contributed by atoms with E-state index in [9.17, 15) is 34.2 Å². The third-order valence-electron chi connectivity index (χ3n) is 6.07. The number of ether oxygens (including phenoxy) is 3. The van der Waals surface area contributed by atoms with Crippen LogP contribution in [0, 0.1) is 0 Å². The van der Waals surface area contributed by atoms with E-state index in [0.29, 0.717) is 0 Å². The second kappa shape index (κ2) is 16.6. The van der Waals surface area contributed by atoms with Gasteiger partial charge in [-0.15, -0.1) is 4.99 Å². The summed E-state index contributed by atoms with van der Waals surface area (Å²) < 4.78 is 15.8. The van der Waals surface area contributed by atoms with Crippen LogP contribution in [0.3, 0.4) is 0 Å². The van der Waals surface area contributed by atoms with Gasteiger partial charge in [-0.25, -0.2) is 14.4 Å². The standard InChI is InChI=1S/C30H51N9O10/c1-15(40)19(41)17-14-32-20-18(33-17)22(43)37-24(35-20)36-21(42)16(34-25(44)47-28(2,3)4)12-11-13-31-23(38-26(45)48-29(5,6)7)39-27(46)49-30(8,9)10/h15-17,19,33,40-41H,11-14H2,1-10H3,(H,34,44)(H2,31,38,39,45,46)(H3,32,35,36,37,42,43)/t15-,16-,17?,19-/m0/s1. The smallest absolute Gasteiger partial charge is 0.437 e. The average Bonchev–Trinajstić information content (AvgIpc) is 2.90. The van der Waals surface area contributed by atoms with Gasteiger partial charge in [0, 0.05) is 13.1 Å². The van der Waals surface area contributed by atoms with Gasteiger partial charge in [0.25, 0.3) is 5.56 Å². The highest BCUT2D eigenvalue weighted by atomic mass is 16.6. The van der Waals surface area contributed by atoms with Crippen LogP contribution < -0.4 is 37.5 Å². The number of aliphatic hydroxyl groups excluding tert-OH is 2. The summed E-state index contributed by atoms with van der Waals surface area (Å²) in [5.74, 6) is -1.12. The number of aliphatic hydroxyl groups is 2. The van der Waals surface area contributed by atoms with Crippen LogP contribution in [0.15, 0.2) is 9.79 Å². The fourth-order valence-corrected chi connectivity index (χ4v) is 4.10.